The van der Waals surface area contributed by atoms with Crippen molar-refractivity contribution in [2.75, 3.05) is 13.1 Å². The minimum absolute atomic E-state index is 0.00243. The second-order valence-corrected chi connectivity index (χ2v) is 7.95. The van der Waals surface area contributed by atoms with Crippen molar-refractivity contribution in [1.82, 2.24) is 4.90 Å². The first-order valence-corrected chi connectivity index (χ1v) is 8.40. The van der Waals surface area contributed by atoms with Gasteiger partial charge >= 0.3 is 6.11 Å². The highest BCUT2D eigenvalue weighted by Gasteiger charge is 2.51. The number of ketones is 1. The molecule has 7 heteroatoms. The van der Waals surface area contributed by atoms with Crippen LogP contribution >= 0.6 is 0 Å². The van der Waals surface area contributed by atoms with E-state index in [1.54, 1.807) is 11.0 Å². The summed E-state index contributed by atoms with van der Waals surface area (Å²) in [5.41, 5.74) is 5.71. The molecule has 5 nitrogen and oxygen atoms in total. The number of carbonyl (C=O) groups excluding carboxylic acids is 2. The standard InChI is InChI=1S/C19H22F2N2O3/c1-17(2)9-19(8-14(22)15(17)24)10-23(11-19)16(25)12-4-6-13(7-5-12)26-18(3,20)21/h4-8H,9-11,22H2,1-3H3. The quantitative estimate of drug-likeness (QED) is 0.895. The van der Waals surface area contributed by atoms with E-state index in [-0.39, 0.29) is 28.6 Å². The molecule has 0 bridgehead atoms. The monoisotopic (exact) mass is 364 g/mol. The van der Waals surface area contributed by atoms with Crippen molar-refractivity contribution >= 4 is 11.7 Å². The van der Waals surface area contributed by atoms with Crippen molar-refractivity contribution in [3.05, 3.63) is 41.6 Å². The average Bonchev–Trinajstić information content (AvgIpc) is 2.48. The Bertz CT molecular complexity index is 773. The lowest BCUT2D eigenvalue weighted by atomic mass is 9.62. The Morgan fingerprint density at radius 3 is 2.31 bits per heavy atom. The van der Waals surface area contributed by atoms with Gasteiger partial charge in [-0.3, -0.25) is 9.59 Å². The minimum Gasteiger partial charge on any atom is -0.433 e. The van der Waals surface area contributed by atoms with Gasteiger partial charge in [-0.05, 0) is 36.8 Å². The molecule has 140 valence electrons. The van der Waals surface area contributed by atoms with Crippen molar-refractivity contribution in [3.8, 4) is 5.75 Å². The molecule has 1 spiro atoms. The van der Waals surface area contributed by atoms with Gasteiger partial charge in [-0.15, -0.1) is 0 Å². The van der Waals surface area contributed by atoms with E-state index >= 15 is 0 Å². The number of nitrogens with two attached hydrogens (primary N) is 1. The molecule has 0 unspecified atom stereocenters. The molecule has 2 N–H and O–H groups in total. The highest BCUT2D eigenvalue weighted by molar-refractivity contribution is 6.00. The summed E-state index contributed by atoms with van der Waals surface area (Å²) >= 11 is 0. The number of Topliss-reactive ketones (excluding diaryl/α,β-unsaturated/α-hetero) is 1. The second kappa shape index (κ2) is 5.79. The molecule has 1 heterocycles. The fraction of sp³-hybridized carbons (Fsp3) is 0.474. The number of ether oxygens (including phenoxy) is 1. The maximum atomic E-state index is 12.8. The molecule has 1 saturated heterocycles. The summed E-state index contributed by atoms with van der Waals surface area (Å²) in [6.07, 6.45) is -0.848. The lowest BCUT2D eigenvalue weighted by molar-refractivity contribution is -0.158. The molecule has 1 aromatic rings. The predicted octanol–water partition coefficient (Wildman–Crippen LogP) is 2.96. The molecule has 0 radical (unpaired) electrons. The van der Waals surface area contributed by atoms with Gasteiger partial charge < -0.3 is 15.4 Å². The van der Waals surface area contributed by atoms with Crippen LogP contribution in [-0.4, -0.2) is 35.8 Å². The summed E-state index contributed by atoms with van der Waals surface area (Å²) < 4.78 is 30.2. The van der Waals surface area contributed by atoms with Crippen LogP contribution in [0.25, 0.3) is 0 Å². The fourth-order valence-corrected chi connectivity index (χ4v) is 3.91. The van der Waals surface area contributed by atoms with Crippen molar-refractivity contribution < 1.29 is 23.1 Å². The van der Waals surface area contributed by atoms with Crippen molar-refractivity contribution in [2.24, 2.45) is 16.6 Å². The van der Waals surface area contributed by atoms with Crippen LogP contribution in [0.4, 0.5) is 8.78 Å². The molecule has 0 aromatic heterocycles. The van der Waals surface area contributed by atoms with Crippen molar-refractivity contribution in [2.45, 2.75) is 33.3 Å². The van der Waals surface area contributed by atoms with Gasteiger partial charge in [-0.25, -0.2) is 0 Å². The molecule has 0 saturated carbocycles. The molecule has 3 rings (SSSR count). The van der Waals surface area contributed by atoms with Crippen LogP contribution in [0, 0.1) is 10.8 Å². The number of rotatable bonds is 3. The maximum absolute atomic E-state index is 12.8. The Hall–Kier alpha value is -2.44. The van der Waals surface area contributed by atoms with Crippen molar-refractivity contribution in [3.63, 3.8) is 0 Å². The van der Waals surface area contributed by atoms with E-state index in [1.807, 2.05) is 13.8 Å². The number of amides is 1. The van der Waals surface area contributed by atoms with Crippen LogP contribution in [0.2, 0.25) is 0 Å². The zero-order valence-corrected chi connectivity index (χ0v) is 15.0. The number of hydrogen-bond donors (Lipinski definition) is 1. The van der Waals surface area contributed by atoms with Gasteiger partial charge in [-0.1, -0.05) is 13.8 Å². The van der Waals surface area contributed by atoms with Gasteiger partial charge in [0.1, 0.15) is 5.75 Å². The first-order valence-electron chi connectivity index (χ1n) is 8.40. The number of nitrogens with zero attached hydrogens (tertiary/aromatic N) is 1. The highest BCUT2D eigenvalue weighted by atomic mass is 19.3. The number of likely N-dealkylation sites (tertiary alicyclic amines) is 1. The van der Waals surface area contributed by atoms with Crippen LogP contribution in [-0.2, 0) is 4.79 Å². The zero-order chi connectivity index (χ0) is 19.3. The summed E-state index contributed by atoms with van der Waals surface area (Å²) in [7, 11) is 0. The predicted molar refractivity (Wildman–Crippen MR) is 91.7 cm³/mol. The van der Waals surface area contributed by atoms with Crippen LogP contribution < -0.4 is 10.5 Å². The molecule has 0 atom stereocenters. The summed E-state index contributed by atoms with van der Waals surface area (Å²) in [5.74, 6) is -0.249. The van der Waals surface area contributed by atoms with Crippen LogP contribution in [0.1, 0.15) is 37.6 Å². The number of alkyl halides is 2. The smallest absolute Gasteiger partial charge is 0.394 e. The first kappa shape index (κ1) is 18.4. The average molecular weight is 364 g/mol. The Labute approximate surface area is 150 Å². The summed E-state index contributed by atoms with van der Waals surface area (Å²) in [5, 5.41) is 0. The van der Waals surface area contributed by atoms with E-state index in [0.717, 1.165) is 0 Å². The summed E-state index contributed by atoms with van der Waals surface area (Å²) in [6, 6.07) is 5.63. The Morgan fingerprint density at radius 2 is 1.81 bits per heavy atom. The zero-order valence-electron chi connectivity index (χ0n) is 15.0. The number of carbonyl (C=O) groups is 2. The lowest BCUT2D eigenvalue weighted by Crippen LogP contribution is -2.61. The maximum Gasteiger partial charge on any atom is 0.394 e. The fourth-order valence-electron chi connectivity index (χ4n) is 3.91. The van der Waals surface area contributed by atoms with Gasteiger partial charge in [0.25, 0.3) is 5.91 Å². The third kappa shape index (κ3) is 3.43. The second-order valence-electron chi connectivity index (χ2n) is 7.95. The molecule has 1 aliphatic heterocycles. The third-order valence-corrected chi connectivity index (χ3v) is 4.83. The van der Waals surface area contributed by atoms with Crippen LogP contribution in [0.3, 0.4) is 0 Å². The third-order valence-electron chi connectivity index (χ3n) is 4.83. The molecule has 1 aromatic carbocycles. The summed E-state index contributed by atoms with van der Waals surface area (Å²) in [4.78, 5) is 26.3. The molecule has 1 fully saturated rings. The Morgan fingerprint density at radius 1 is 1.23 bits per heavy atom. The normalized spacial score (nSPS) is 21.2. The van der Waals surface area contributed by atoms with Crippen LogP contribution in [0.5, 0.6) is 5.75 Å². The number of benzene rings is 1. The molecule has 1 amide bonds. The van der Waals surface area contributed by atoms with Gasteiger partial charge in [0.05, 0.1) is 5.70 Å². The Kier molecular flexibility index (Phi) is 4.09. The molecular formula is C19H22F2N2O3. The number of allylic oxidation sites excluding steroid dienone is 1. The van der Waals surface area contributed by atoms with E-state index < -0.39 is 11.5 Å². The van der Waals surface area contributed by atoms with E-state index in [1.165, 1.54) is 24.3 Å². The van der Waals surface area contributed by atoms with E-state index in [9.17, 15) is 18.4 Å². The molecule has 2 aliphatic rings. The van der Waals surface area contributed by atoms with Gasteiger partial charge in [0.15, 0.2) is 5.78 Å². The molecule has 26 heavy (non-hydrogen) atoms. The molecular weight excluding hydrogens is 342 g/mol. The van der Waals surface area contributed by atoms with Gasteiger partial charge in [0.2, 0.25) is 0 Å². The van der Waals surface area contributed by atoms with Crippen molar-refractivity contribution in [1.29, 1.82) is 0 Å². The largest absolute Gasteiger partial charge is 0.433 e. The number of hydrogen-bond acceptors (Lipinski definition) is 4. The van der Waals surface area contributed by atoms with Crippen LogP contribution in [0.15, 0.2) is 36.0 Å². The van der Waals surface area contributed by atoms with E-state index in [0.29, 0.717) is 32.0 Å². The minimum atomic E-state index is -3.27. The van der Waals surface area contributed by atoms with Gasteiger partial charge in [-0.2, -0.15) is 8.78 Å². The first-order chi connectivity index (χ1) is 11.9. The highest BCUT2D eigenvalue weighted by Crippen LogP contribution is 2.47. The topological polar surface area (TPSA) is 72.6 Å². The van der Waals surface area contributed by atoms with Gasteiger partial charge in [0, 0.05) is 36.4 Å². The Balaban J connectivity index is 1.68. The SMILES string of the molecule is CC(F)(F)Oc1ccc(C(=O)N2CC3(C=C(N)C(=O)C(C)(C)C3)C2)cc1. The molecule has 1 aliphatic carbocycles. The van der Waals surface area contributed by atoms with E-state index in [4.69, 9.17) is 5.73 Å². The number of halogens is 2. The summed E-state index contributed by atoms with van der Waals surface area (Å²) in [6.45, 7) is 5.34. The van der Waals surface area contributed by atoms with E-state index in [2.05, 4.69) is 4.74 Å². The lowest BCUT2D eigenvalue weighted by Gasteiger charge is -2.53.